The number of halogens is 3. The Hall–Kier alpha value is -0.820. The van der Waals surface area contributed by atoms with Crippen LogP contribution in [0.3, 0.4) is 0 Å². The quantitative estimate of drug-likeness (QED) is 0.826. The van der Waals surface area contributed by atoms with Gasteiger partial charge in [-0.05, 0) is 0 Å². The van der Waals surface area contributed by atoms with Crippen molar-refractivity contribution in [1.82, 2.24) is 4.98 Å². The van der Waals surface area contributed by atoms with E-state index < -0.39 is 12.8 Å². The van der Waals surface area contributed by atoms with E-state index in [0.717, 1.165) is 11.3 Å². The summed E-state index contributed by atoms with van der Waals surface area (Å²) in [7, 11) is 0. The van der Waals surface area contributed by atoms with Gasteiger partial charge in [-0.15, -0.1) is 0 Å². The first-order valence-corrected chi connectivity index (χ1v) is 4.17. The molecule has 0 saturated carbocycles. The average molecular weight is 212 g/mol. The molecule has 0 atom stereocenters. The fourth-order valence-corrected chi connectivity index (χ4v) is 1.23. The Labute approximate surface area is 76.3 Å². The minimum absolute atomic E-state index is 0.00206. The summed E-state index contributed by atoms with van der Waals surface area (Å²) in [6.07, 6.45) is -2.93. The van der Waals surface area contributed by atoms with Crippen LogP contribution in [-0.4, -0.2) is 17.8 Å². The van der Waals surface area contributed by atoms with Gasteiger partial charge in [0.25, 0.3) is 5.19 Å². The van der Waals surface area contributed by atoms with E-state index in [4.69, 9.17) is 5.73 Å². The highest BCUT2D eigenvalue weighted by Crippen LogP contribution is 2.22. The van der Waals surface area contributed by atoms with Crippen LogP contribution in [0, 0.1) is 0 Å². The Morgan fingerprint density at radius 1 is 1.54 bits per heavy atom. The zero-order valence-electron chi connectivity index (χ0n) is 6.47. The normalized spacial score (nSPS) is 11.7. The van der Waals surface area contributed by atoms with Gasteiger partial charge in [0, 0.05) is 17.6 Å². The first-order chi connectivity index (χ1) is 6.01. The van der Waals surface area contributed by atoms with Gasteiger partial charge < -0.3 is 10.5 Å². The van der Waals surface area contributed by atoms with Gasteiger partial charge in [-0.25, -0.2) is 4.98 Å². The maximum atomic E-state index is 11.7. The SMILES string of the molecule is NCc1cnc(OCC(F)(F)F)s1. The zero-order chi connectivity index (χ0) is 9.90. The van der Waals surface area contributed by atoms with Gasteiger partial charge >= 0.3 is 6.18 Å². The molecule has 0 bridgehead atoms. The number of aromatic nitrogens is 1. The number of hydrogen-bond acceptors (Lipinski definition) is 4. The third-order valence-electron chi connectivity index (χ3n) is 1.09. The van der Waals surface area contributed by atoms with Gasteiger partial charge in [-0.3, -0.25) is 0 Å². The highest BCUT2D eigenvalue weighted by Gasteiger charge is 2.28. The number of rotatable bonds is 3. The lowest BCUT2D eigenvalue weighted by molar-refractivity contribution is -0.153. The second-order valence-corrected chi connectivity index (χ2v) is 3.28. The molecular formula is C6H7F3N2OS. The Kier molecular flexibility index (Phi) is 3.10. The molecule has 3 nitrogen and oxygen atoms in total. The summed E-state index contributed by atoms with van der Waals surface area (Å²) in [5.41, 5.74) is 5.24. The summed E-state index contributed by atoms with van der Waals surface area (Å²) in [6, 6.07) is 0. The highest BCUT2D eigenvalue weighted by atomic mass is 32.1. The van der Waals surface area contributed by atoms with Crippen molar-refractivity contribution >= 4 is 11.3 Å². The van der Waals surface area contributed by atoms with E-state index >= 15 is 0 Å². The summed E-state index contributed by atoms with van der Waals surface area (Å²) in [6.45, 7) is -1.06. The molecule has 7 heteroatoms. The van der Waals surface area contributed by atoms with Gasteiger partial charge in [0.2, 0.25) is 0 Å². The zero-order valence-corrected chi connectivity index (χ0v) is 7.28. The van der Waals surface area contributed by atoms with Crippen molar-refractivity contribution in [3.05, 3.63) is 11.1 Å². The molecule has 13 heavy (non-hydrogen) atoms. The summed E-state index contributed by atoms with van der Waals surface area (Å²) < 4.78 is 39.4. The second-order valence-electron chi connectivity index (χ2n) is 2.20. The number of hydrogen-bond donors (Lipinski definition) is 1. The topological polar surface area (TPSA) is 48.1 Å². The van der Waals surface area contributed by atoms with E-state index in [9.17, 15) is 13.2 Å². The van der Waals surface area contributed by atoms with Crippen LogP contribution in [0.25, 0.3) is 0 Å². The van der Waals surface area contributed by atoms with Crippen molar-refractivity contribution in [2.45, 2.75) is 12.7 Å². The van der Waals surface area contributed by atoms with Crippen molar-refractivity contribution in [2.75, 3.05) is 6.61 Å². The lowest BCUT2D eigenvalue weighted by Gasteiger charge is -2.05. The average Bonchev–Trinajstić information content (AvgIpc) is 2.47. The van der Waals surface area contributed by atoms with E-state index in [-0.39, 0.29) is 11.7 Å². The molecule has 0 spiro atoms. The number of thiazole rings is 1. The number of ether oxygens (including phenoxy) is 1. The lowest BCUT2D eigenvalue weighted by Crippen LogP contribution is -2.19. The van der Waals surface area contributed by atoms with Crippen molar-refractivity contribution in [3.63, 3.8) is 0 Å². The maximum Gasteiger partial charge on any atom is 0.422 e. The van der Waals surface area contributed by atoms with E-state index in [2.05, 4.69) is 9.72 Å². The molecule has 1 aromatic rings. The highest BCUT2D eigenvalue weighted by molar-refractivity contribution is 7.13. The maximum absolute atomic E-state index is 11.7. The predicted molar refractivity (Wildman–Crippen MR) is 41.6 cm³/mol. The molecule has 0 aliphatic carbocycles. The molecule has 1 rings (SSSR count). The van der Waals surface area contributed by atoms with Crippen molar-refractivity contribution in [1.29, 1.82) is 0 Å². The second kappa shape index (κ2) is 3.93. The minimum atomic E-state index is -4.32. The molecule has 0 aromatic carbocycles. The molecule has 74 valence electrons. The fourth-order valence-electron chi connectivity index (χ4n) is 0.594. The molecular weight excluding hydrogens is 205 g/mol. The third-order valence-corrected chi connectivity index (χ3v) is 2.02. The number of alkyl halides is 3. The summed E-state index contributed by atoms with van der Waals surface area (Å²) in [4.78, 5) is 4.30. The first kappa shape index (κ1) is 10.3. The van der Waals surface area contributed by atoms with Crippen molar-refractivity contribution in [2.24, 2.45) is 5.73 Å². The van der Waals surface area contributed by atoms with Crippen LogP contribution < -0.4 is 10.5 Å². The number of nitrogens with zero attached hydrogens (tertiary/aromatic N) is 1. The van der Waals surface area contributed by atoms with Crippen LogP contribution in [-0.2, 0) is 6.54 Å². The summed E-state index contributed by atoms with van der Waals surface area (Å²) in [5, 5.41) is -0.00206. The smallest absolute Gasteiger partial charge is 0.422 e. The Morgan fingerprint density at radius 3 is 2.69 bits per heavy atom. The van der Waals surface area contributed by atoms with E-state index in [1.54, 1.807) is 0 Å². The number of nitrogens with two attached hydrogens (primary N) is 1. The molecule has 0 radical (unpaired) electrons. The van der Waals surface area contributed by atoms with Gasteiger partial charge in [0.15, 0.2) is 6.61 Å². The Bertz CT molecular complexity index is 273. The molecule has 0 amide bonds. The van der Waals surface area contributed by atoms with E-state index in [0.29, 0.717) is 4.88 Å². The van der Waals surface area contributed by atoms with E-state index in [1.165, 1.54) is 6.20 Å². The fraction of sp³-hybridized carbons (Fsp3) is 0.500. The molecule has 2 N–H and O–H groups in total. The third kappa shape index (κ3) is 3.60. The van der Waals surface area contributed by atoms with Gasteiger partial charge in [-0.1, -0.05) is 11.3 Å². The van der Waals surface area contributed by atoms with E-state index in [1.807, 2.05) is 0 Å². The van der Waals surface area contributed by atoms with Crippen molar-refractivity contribution < 1.29 is 17.9 Å². The first-order valence-electron chi connectivity index (χ1n) is 3.35. The van der Waals surface area contributed by atoms with Crippen LogP contribution >= 0.6 is 11.3 Å². The molecule has 1 heterocycles. The largest absolute Gasteiger partial charge is 0.460 e. The molecule has 0 aliphatic heterocycles. The Morgan fingerprint density at radius 2 is 2.23 bits per heavy atom. The molecule has 0 aliphatic rings. The summed E-state index contributed by atoms with van der Waals surface area (Å²) in [5.74, 6) is 0. The van der Waals surface area contributed by atoms with Crippen LogP contribution in [0.4, 0.5) is 13.2 Å². The standard InChI is InChI=1S/C6H7F3N2OS/c7-6(8,9)3-12-5-11-2-4(1-10)13-5/h2H,1,3,10H2. The molecule has 1 aromatic heterocycles. The molecule has 0 saturated heterocycles. The van der Waals surface area contributed by atoms with Crippen LogP contribution in [0.15, 0.2) is 6.20 Å². The minimum Gasteiger partial charge on any atom is -0.460 e. The predicted octanol–water partition coefficient (Wildman–Crippen LogP) is 1.54. The van der Waals surface area contributed by atoms with Gasteiger partial charge in [-0.2, -0.15) is 13.2 Å². The van der Waals surface area contributed by atoms with Crippen molar-refractivity contribution in [3.8, 4) is 5.19 Å². The van der Waals surface area contributed by atoms with Crippen LogP contribution in [0.1, 0.15) is 4.88 Å². The lowest BCUT2D eigenvalue weighted by atomic mass is 10.6. The monoisotopic (exact) mass is 212 g/mol. The summed E-state index contributed by atoms with van der Waals surface area (Å²) >= 11 is 1.02. The Balaban J connectivity index is 2.46. The van der Waals surface area contributed by atoms with Gasteiger partial charge in [0.05, 0.1) is 0 Å². The van der Waals surface area contributed by atoms with Crippen LogP contribution in [0.5, 0.6) is 5.19 Å². The van der Waals surface area contributed by atoms with Crippen LogP contribution in [0.2, 0.25) is 0 Å². The molecule has 0 unspecified atom stereocenters. The molecule has 0 fully saturated rings. The van der Waals surface area contributed by atoms with Gasteiger partial charge in [0.1, 0.15) is 0 Å².